The summed E-state index contributed by atoms with van der Waals surface area (Å²) < 4.78 is 6.11. The number of ether oxygens (including phenoxy) is 1. The Morgan fingerprint density at radius 1 is 1.04 bits per heavy atom. The van der Waals surface area contributed by atoms with Crippen molar-refractivity contribution in [3.8, 4) is 5.75 Å². The highest BCUT2D eigenvalue weighted by Crippen LogP contribution is 2.30. The molecule has 0 saturated carbocycles. The molecule has 4 rings (SSSR count). The SMILES string of the molecule is CC[C@H](Oc1ccc2c(c1)CCCC2)C(=O)N[C@@H]1CCCc2ccccc21. The number of hydrogen-bond donors (Lipinski definition) is 1. The Labute approximate surface area is 162 Å². The summed E-state index contributed by atoms with van der Waals surface area (Å²) in [6.45, 7) is 2.01. The summed E-state index contributed by atoms with van der Waals surface area (Å²) in [5, 5.41) is 3.24. The monoisotopic (exact) mass is 363 g/mol. The summed E-state index contributed by atoms with van der Waals surface area (Å²) >= 11 is 0. The molecule has 0 unspecified atom stereocenters. The van der Waals surface area contributed by atoms with Crippen LogP contribution in [0.4, 0.5) is 0 Å². The standard InChI is InChI=1S/C24H29NO2/c1-2-23(27-20-15-14-17-8-3-4-10-19(17)16-20)24(26)25-22-13-7-11-18-9-5-6-12-21(18)22/h5-6,9,12,14-16,22-23H,2-4,7-8,10-11,13H2,1H3,(H,25,26)/t22-,23+/m1/s1. The summed E-state index contributed by atoms with van der Waals surface area (Å²) in [6.07, 6.45) is 8.24. The van der Waals surface area contributed by atoms with Crippen LogP contribution in [0.25, 0.3) is 0 Å². The van der Waals surface area contributed by atoms with Crippen molar-refractivity contribution in [3.05, 3.63) is 64.7 Å². The van der Waals surface area contributed by atoms with Crippen LogP contribution in [0.2, 0.25) is 0 Å². The summed E-state index contributed by atoms with van der Waals surface area (Å²) in [4.78, 5) is 12.9. The zero-order chi connectivity index (χ0) is 18.6. The third-order valence-electron chi connectivity index (χ3n) is 5.95. The van der Waals surface area contributed by atoms with Gasteiger partial charge in [-0.2, -0.15) is 0 Å². The van der Waals surface area contributed by atoms with Crippen molar-refractivity contribution < 1.29 is 9.53 Å². The summed E-state index contributed by atoms with van der Waals surface area (Å²) in [5.74, 6) is 0.818. The molecular weight excluding hydrogens is 334 g/mol. The van der Waals surface area contributed by atoms with Crippen LogP contribution in [-0.2, 0) is 24.1 Å². The highest BCUT2D eigenvalue weighted by atomic mass is 16.5. The Kier molecular flexibility index (Phi) is 5.47. The van der Waals surface area contributed by atoms with Crippen LogP contribution in [0, 0.1) is 0 Å². The first-order valence-corrected chi connectivity index (χ1v) is 10.4. The largest absolute Gasteiger partial charge is 0.481 e. The van der Waals surface area contributed by atoms with Gasteiger partial charge in [0.2, 0.25) is 0 Å². The molecule has 0 fully saturated rings. The van der Waals surface area contributed by atoms with Crippen molar-refractivity contribution in [1.82, 2.24) is 5.32 Å². The number of carbonyl (C=O) groups excluding carboxylic acids is 1. The molecule has 0 aliphatic heterocycles. The van der Waals surface area contributed by atoms with E-state index in [4.69, 9.17) is 4.74 Å². The van der Waals surface area contributed by atoms with Crippen molar-refractivity contribution in [2.75, 3.05) is 0 Å². The lowest BCUT2D eigenvalue weighted by Crippen LogP contribution is -2.41. The molecule has 1 amide bonds. The molecule has 2 atom stereocenters. The maximum absolute atomic E-state index is 12.9. The van der Waals surface area contributed by atoms with Crippen LogP contribution in [0.5, 0.6) is 5.75 Å². The highest BCUT2D eigenvalue weighted by molar-refractivity contribution is 5.81. The molecule has 27 heavy (non-hydrogen) atoms. The van der Waals surface area contributed by atoms with Crippen LogP contribution in [-0.4, -0.2) is 12.0 Å². The van der Waals surface area contributed by atoms with E-state index in [1.54, 1.807) is 0 Å². The second kappa shape index (κ2) is 8.16. The van der Waals surface area contributed by atoms with Gasteiger partial charge in [-0.3, -0.25) is 4.79 Å². The number of fused-ring (bicyclic) bond motifs is 2. The average molecular weight is 364 g/mol. The fourth-order valence-electron chi connectivity index (χ4n) is 4.44. The Bertz CT molecular complexity index is 814. The minimum Gasteiger partial charge on any atom is -0.481 e. The number of hydrogen-bond acceptors (Lipinski definition) is 2. The smallest absolute Gasteiger partial charge is 0.261 e. The van der Waals surface area contributed by atoms with Crippen molar-refractivity contribution in [3.63, 3.8) is 0 Å². The van der Waals surface area contributed by atoms with Gasteiger partial charge in [-0.15, -0.1) is 0 Å². The van der Waals surface area contributed by atoms with Gasteiger partial charge >= 0.3 is 0 Å². The summed E-state index contributed by atoms with van der Waals surface area (Å²) in [6, 6.07) is 14.9. The normalized spacial score (nSPS) is 19.5. The van der Waals surface area contributed by atoms with Crippen LogP contribution in [0.3, 0.4) is 0 Å². The molecule has 0 bridgehead atoms. The lowest BCUT2D eigenvalue weighted by molar-refractivity contribution is -0.129. The summed E-state index contributed by atoms with van der Waals surface area (Å²) in [5.41, 5.74) is 5.44. The van der Waals surface area contributed by atoms with Crippen molar-refractivity contribution in [2.45, 2.75) is 70.4 Å². The van der Waals surface area contributed by atoms with E-state index < -0.39 is 6.10 Å². The molecule has 0 aromatic heterocycles. The minimum absolute atomic E-state index is 0.00285. The molecule has 2 aromatic carbocycles. The minimum atomic E-state index is -0.444. The van der Waals surface area contributed by atoms with Gasteiger partial charge in [-0.25, -0.2) is 0 Å². The number of rotatable bonds is 5. The van der Waals surface area contributed by atoms with E-state index in [2.05, 4.69) is 41.7 Å². The average Bonchev–Trinajstić information content (AvgIpc) is 2.72. The van der Waals surface area contributed by atoms with Gasteiger partial charge in [0.25, 0.3) is 5.91 Å². The predicted molar refractivity (Wildman–Crippen MR) is 108 cm³/mol. The molecule has 2 aliphatic carbocycles. The maximum Gasteiger partial charge on any atom is 0.261 e. The molecule has 0 spiro atoms. The molecule has 3 nitrogen and oxygen atoms in total. The first-order chi connectivity index (χ1) is 13.2. The molecule has 0 saturated heterocycles. The van der Waals surface area contributed by atoms with Gasteiger partial charge in [0.15, 0.2) is 6.10 Å². The Morgan fingerprint density at radius 2 is 1.81 bits per heavy atom. The van der Waals surface area contributed by atoms with Gasteiger partial charge < -0.3 is 10.1 Å². The third-order valence-corrected chi connectivity index (χ3v) is 5.95. The maximum atomic E-state index is 12.9. The fraction of sp³-hybridized carbons (Fsp3) is 0.458. The van der Waals surface area contributed by atoms with Gasteiger partial charge in [0.05, 0.1) is 6.04 Å². The molecule has 0 heterocycles. The number of benzene rings is 2. The zero-order valence-electron chi connectivity index (χ0n) is 16.2. The van der Waals surface area contributed by atoms with E-state index in [9.17, 15) is 4.79 Å². The predicted octanol–water partition coefficient (Wildman–Crippen LogP) is 4.92. The first kappa shape index (κ1) is 18.1. The molecule has 3 heteroatoms. The van der Waals surface area contributed by atoms with E-state index in [1.165, 1.54) is 35.1 Å². The summed E-state index contributed by atoms with van der Waals surface area (Å²) in [7, 11) is 0. The zero-order valence-corrected chi connectivity index (χ0v) is 16.2. The molecule has 2 aromatic rings. The third kappa shape index (κ3) is 4.02. The number of amides is 1. The van der Waals surface area contributed by atoms with E-state index in [0.29, 0.717) is 6.42 Å². The molecular formula is C24H29NO2. The van der Waals surface area contributed by atoms with Gasteiger partial charge in [0.1, 0.15) is 5.75 Å². The molecule has 2 aliphatic rings. The highest BCUT2D eigenvalue weighted by Gasteiger charge is 2.26. The van der Waals surface area contributed by atoms with Crippen molar-refractivity contribution in [1.29, 1.82) is 0 Å². The quantitative estimate of drug-likeness (QED) is 0.819. The Morgan fingerprint density at radius 3 is 2.67 bits per heavy atom. The van der Waals surface area contributed by atoms with Gasteiger partial charge in [-0.1, -0.05) is 37.3 Å². The van der Waals surface area contributed by atoms with Crippen molar-refractivity contribution >= 4 is 5.91 Å². The van der Waals surface area contributed by atoms with E-state index >= 15 is 0 Å². The fourth-order valence-corrected chi connectivity index (χ4v) is 4.44. The molecule has 0 radical (unpaired) electrons. The Balaban J connectivity index is 1.44. The second-order valence-corrected chi connectivity index (χ2v) is 7.80. The van der Waals surface area contributed by atoms with Crippen LogP contribution >= 0.6 is 0 Å². The van der Waals surface area contributed by atoms with E-state index in [0.717, 1.165) is 37.9 Å². The Hall–Kier alpha value is -2.29. The van der Waals surface area contributed by atoms with Crippen molar-refractivity contribution in [2.24, 2.45) is 0 Å². The first-order valence-electron chi connectivity index (χ1n) is 10.4. The topological polar surface area (TPSA) is 38.3 Å². The lowest BCUT2D eigenvalue weighted by Gasteiger charge is -2.28. The van der Waals surface area contributed by atoms with Gasteiger partial charge in [0, 0.05) is 0 Å². The van der Waals surface area contributed by atoms with Crippen LogP contribution in [0.15, 0.2) is 42.5 Å². The van der Waals surface area contributed by atoms with E-state index in [-0.39, 0.29) is 11.9 Å². The number of carbonyl (C=O) groups is 1. The molecule has 1 N–H and O–H groups in total. The van der Waals surface area contributed by atoms with Crippen LogP contribution < -0.4 is 10.1 Å². The van der Waals surface area contributed by atoms with E-state index in [1.807, 2.05) is 13.0 Å². The van der Waals surface area contributed by atoms with Crippen LogP contribution in [0.1, 0.15) is 67.3 Å². The number of nitrogens with one attached hydrogen (secondary N) is 1. The second-order valence-electron chi connectivity index (χ2n) is 7.80. The lowest BCUT2D eigenvalue weighted by atomic mass is 9.87. The van der Waals surface area contributed by atoms with Gasteiger partial charge in [-0.05, 0) is 85.8 Å². The number of aryl methyl sites for hydroxylation is 3. The molecule has 142 valence electrons.